The molecule has 0 spiro atoms. The maximum atomic E-state index is 13.4. The van der Waals surface area contributed by atoms with Gasteiger partial charge < -0.3 is 14.8 Å². The smallest absolute Gasteiger partial charge is 0.340 e. The van der Waals surface area contributed by atoms with Crippen LogP contribution in [0.15, 0.2) is 34.9 Å². The van der Waals surface area contributed by atoms with Crippen molar-refractivity contribution in [3.8, 4) is 0 Å². The van der Waals surface area contributed by atoms with Crippen LogP contribution in [0.2, 0.25) is 0 Å². The maximum Gasteiger partial charge on any atom is 0.340 e. The minimum Gasteiger partial charge on any atom is -0.478 e. The summed E-state index contributed by atoms with van der Waals surface area (Å²) >= 11 is 0. The molecule has 0 radical (unpaired) electrons. The first-order valence-corrected chi connectivity index (χ1v) is 5.38. The molecule has 6 heteroatoms. The summed E-state index contributed by atoms with van der Waals surface area (Å²) in [6, 6.07) is 5.23. The van der Waals surface area contributed by atoms with Crippen molar-refractivity contribution in [3.63, 3.8) is 0 Å². The van der Waals surface area contributed by atoms with E-state index >= 15 is 0 Å². The Hall–Kier alpha value is -2.63. The van der Waals surface area contributed by atoms with Crippen LogP contribution in [0.25, 0.3) is 0 Å². The van der Waals surface area contributed by atoms with Gasteiger partial charge in [0.15, 0.2) is 5.76 Å². The number of carbonyl (C=O) groups is 2. The molecule has 2 rings (SSSR count). The molecule has 0 saturated carbocycles. The van der Waals surface area contributed by atoms with Crippen molar-refractivity contribution in [1.29, 1.82) is 0 Å². The molecule has 1 aromatic heterocycles. The third-order valence-corrected chi connectivity index (χ3v) is 2.54. The van der Waals surface area contributed by atoms with Crippen molar-refractivity contribution in [3.05, 3.63) is 53.2 Å². The number of aromatic carboxylic acids is 1. The molecule has 0 aliphatic carbocycles. The number of furan rings is 1. The number of benzene rings is 1. The van der Waals surface area contributed by atoms with E-state index in [1.54, 1.807) is 13.0 Å². The molecule has 0 atom stereocenters. The van der Waals surface area contributed by atoms with Gasteiger partial charge in [0, 0.05) is 5.56 Å². The van der Waals surface area contributed by atoms with Crippen LogP contribution in [0.3, 0.4) is 0 Å². The highest BCUT2D eigenvalue weighted by molar-refractivity contribution is 6.07. The number of hydrogen-bond donors (Lipinski definition) is 2. The Kier molecular flexibility index (Phi) is 3.33. The molecule has 2 N–H and O–H groups in total. The van der Waals surface area contributed by atoms with Crippen LogP contribution in [-0.4, -0.2) is 17.0 Å². The Bertz CT molecular complexity index is 648. The van der Waals surface area contributed by atoms with Gasteiger partial charge in [-0.05, 0) is 25.1 Å². The number of aryl methyl sites for hydroxylation is 1. The van der Waals surface area contributed by atoms with Crippen LogP contribution in [0.4, 0.5) is 10.1 Å². The summed E-state index contributed by atoms with van der Waals surface area (Å²) in [5, 5.41) is 11.3. The average Bonchev–Trinajstić information content (AvgIpc) is 2.75. The zero-order valence-electron chi connectivity index (χ0n) is 9.94. The second-order valence-corrected chi connectivity index (χ2v) is 3.85. The molecule has 98 valence electrons. The van der Waals surface area contributed by atoms with E-state index in [9.17, 15) is 14.0 Å². The molecule has 0 saturated heterocycles. The fourth-order valence-electron chi connectivity index (χ4n) is 1.63. The van der Waals surface area contributed by atoms with Crippen LogP contribution in [0, 0.1) is 12.7 Å². The first-order chi connectivity index (χ1) is 9.00. The van der Waals surface area contributed by atoms with E-state index in [2.05, 4.69) is 5.32 Å². The summed E-state index contributed by atoms with van der Waals surface area (Å²) < 4.78 is 18.4. The Balaban J connectivity index is 2.35. The van der Waals surface area contributed by atoms with Gasteiger partial charge in [-0.2, -0.15) is 0 Å². The van der Waals surface area contributed by atoms with Crippen LogP contribution in [-0.2, 0) is 0 Å². The molecule has 0 bridgehead atoms. The van der Waals surface area contributed by atoms with Gasteiger partial charge in [-0.15, -0.1) is 0 Å². The van der Waals surface area contributed by atoms with Crippen molar-refractivity contribution in [1.82, 2.24) is 0 Å². The van der Waals surface area contributed by atoms with Gasteiger partial charge >= 0.3 is 5.97 Å². The van der Waals surface area contributed by atoms with Crippen LogP contribution in [0.5, 0.6) is 0 Å². The number of anilines is 1. The SMILES string of the molecule is Cc1ccoc1C(=O)Nc1cccc(F)c1C(=O)O. The monoisotopic (exact) mass is 263 g/mol. The molecule has 2 aromatic rings. The molecule has 1 aromatic carbocycles. The summed E-state index contributed by atoms with van der Waals surface area (Å²) in [6.07, 6.45) is 1.34. The molecule has 19 heavy (non-hydrogen) atoms. The molecule has 0 aliphatic rings. The van der Waals surface area contributed by atoms with Crippen molar-refractivity contribution >= 4 is 17.6 Å². The van der Waals surface area contributed by atoms with Crippen molar-refractivity contribution < 1.29 is 23.5 Å². The van der Waals surface area contributed by atoms with Gasteiger partial charge in [0.1, 0.15) is 11.4 Å². The van der Waals surface area contributed by atoms with E-state index in [4.69, 9.17) is 9.52 Å². The second-order valence-electron chi connectivity index (χ2n) is 3.85. The van der Waals surface area contributed by atoms with Crippen LogP contribution < -0.4 is 5.32 Å². The molecule has 0 fully saturated rings. The number of rotatable bonds is 3. The van der Waals surface area contributed by atoms with E-state index in [1.807, 2.05) is 0 Å². The van der Waals surface area contributed by atoms with Gasteiger partial charge in [-0.25, -0.2) is 9.18 Å². The standard InChI is InChI=1S/C13H10FNO4/c1-7-5-6-19-11(7)12(16)15-9-4-2-3-8(14)10(9)13(17)18/h2-6H,1H3,(H,15,16)(H,17,18). The van der Waals surface area contributed by atoms with E-state index in [0.29, 0.717) is 5.56 Å². The largest absolute Gasteiger partial charge is 0.478 e. The number of carboxylic acids is 1. The quantitative estimate of drug-likeness (QED) is 0.892. The molecule has 1 heterocycles. The number of nitrogens with one attached hydrogen (secondary N) is 1. The van der Waals surface area contributed by atoms with E-state index in [0.717, 1.165) is 6.07 Å². The summed E-state index contributed by atoms with van der Waals surface area (Å²) in [5.41, 5.74) is -0.0980. The Morgan fingerprint density at radius 1 is 1.32 bits per heavy atom. The first kappa shape index (κ1) is 12.8. The van der Waals surface area contributed by atoms with Crippen molar-refractivity contribution in [2.24, 2.45) is 0 Å². The molecule has 5 nitrogen and oxygen atoms in total. The highest BCUT2D eigenvalue weighted by Gasteiger charge is 2.19. The number of amides is 1. The Labute approximate surface area is 107 Å². The fraction of sp³-hybridized carbons (Fsp3) is 0.0769. The van der Waals surface area contributed by atoms with Crippen molar-refractivity contribution in [2.75, 3.05) is 5.32 Å². The zero-order valence-corrected chi connectivity index (χ0v) is 9.94. The van der Waals surface area contributed by atoms with Crippen molar-refractivity contribution in [2.45, 2.75) is 6.92 Å². The molecule has 0 aliphatic heterocycles. The lowest BCUT2D eigenvalue weighted by Crippen LogP contribution is -2.16. The summed E-state index contributed by atoms with van der Waals surface area (Å²) in [7, 11) is 0. The topological polar surface area (TPSA) is 79.5 Å². The number of carbonyl (C=O) groups excluding carboxylic acids is 1. The van der Waals surface area contributed by atoms with Crippen LogP contribution in [0.1, 0.15) is 26.5 Å². The Morgan fingerprint density at radius 3 is 2.63 bits per heavy atom. The van der Waals surface area contributed by atoms with Gasteiger partial charge in [-0.1, -0.05) is 6.07 Å². The predicted octanol–water partition coefficient (Wildman–Crippen LogP) is 2.68. The normalized spacial score (nSPS) is 10.2. The van der Waals surface area contributed by atoms with Gasteiger partial charge in [-0.3, -0.25) is 4.79 Å². The summed E-state index contributed by atoms with van der Waals surface area (Å²) in [4.78, 5) is 22.8. The Morgan fingerprint density at radius 2 is 2.05 bits per heavy atom. The van der Waals surface area contributed by atoms with E-state index < -0.39 is 23.3 Å². The minimum atomic E-state index is -1.45. The third kappa shape index (κ3) is 2.47. The van der Waals surface area contributed by atoms with Gasteiger partial charge in [0.05, 0.1) is 12.0 Å². The summed E-state index contributed by atoms with van der Waals surface area (Å²) in [6.45, 7) is 1.67. The molecule has 1 amide bonds. The minimum absolute atomic E-state index is 0.0561. The fourth-order valence-corrected chi connectivity index (χ4v) is 1.63. The molecular weight excluding hydrogens is 253 g/mol. The third-order valence-electron chi connectivity index (χ3n) is 2.54. The lowest BCUT2D eigenvalue weighted by molar-refractivity contribution is 0.0693. The lowest BCUT2D eigenvalue weighted by Gasteiger charge is -2.08. The summed E-state index contributed by atoms with van der Waals surface area (Å²) in [5.74, 6) is -2.94. The molecular formula is C13H10FNO4. The van der Waals surface area contributed by atoms with Crippen LogP contribution >= 0.6 is 0 Å². The lowest BCUT2D eigenvalue weighted by atomic mass is 10.1. The number of halogens is 1. The van der Waals surface area contributed by atoms with Gasteiger partial charge in [0.25, 0.3) is 5.91 Å². The zero-order chi connectivity index (χ0) is 14.0. The van der Waals surface area contributed by atoms with E-state index in [-0.39, 0.29) is 11.4 Å². The number of hydrogen-bond acceptors (Lipinski definition) is 3. The highest BCUT2D eigenvalue weighted by Crippen LogP contribution is 2.20. The van der Waals surface area contributed by atoms with E-state index in [1.165, 1.54) is 18.4 Å². The maximum absolute atomic E-state index is 13.4. The van der Waals surface area contributed by atoms with Gasteiger partial charge in [0.2, 0.25) is 0 Å². The second kappa shape index (κ2) is 4.93. The first-order valence-electron chi connectivity index (χ1n) is 5.38. The highest BCUT2D eigenvalue weighted by atomic mass is 19.1. The molecule has 0 unspecified atom stereocenters. The number of carboxylic acid groups (broad SMARTS) is 1. The predicted molar refractivity (Wildman–Crippen MR) is 64.8 cm³/mol. The average molecular weight is 263 g/mol.